The minimum Gasteiger partial charge on any atom is -0.319 e. The summed E-state index contributed by atoms with van der Waals surface area (Å²) in [6.45, 7) is 4.47. The number of nitrogens with zero attached hydrogens (tertiary/aromatic N) is 2. The van der Waals surface area contributed by atoms with Gasteiger partial charge in [0.25, 0.3) is 11.6 Å². The molecule has 156 valence electrons. The number of nitro groups is 1. The smallest absolute Gasteiger partial charge is 0.319 e. The minimum absolute atomic E-state index is 0.00807. The molecule has 0 radical (unpaired) electrons. The fourth-order valence-electron chi connectivity index (χ4n) is 3.28. The highest BCUT2D eigenvalue weighted by Crippen LogP contribution is 2.34. The van der Waals surface area contributed by atoms with Gasteiger partial charge in [-0.15, -0.1) is 0 Å². The lowest BCUT2D eigenvalue weighted by Gasteiger charge is -2.23. The number of rotatable bonds is 5. The second-order valence-corrected chi connectivity index (χ2v) is 8.04. The lowest BCUT2D eigenvalue weighted by Crippen LogP contribution is -2.42. The minimum atomic E-state index is -1.34. The van der Waals surface area contributed by atoms with Crippen LogP contribution in [-0.2, 0) is 15.1 Å². The largest absolute Gasteiger partial charge is 0.325 e. The second-order valence-electron chi connectivity index (χ2n) is 7.19. The predicted molar refractivity (Wildman–Crippen MR) is 113 cm³/mol. The molecule has 1 fully saturated rings. The van der Waals surface area contributed by atoms with Gasteiger partial charge in [-0.25, -0.2) is 4.79 Å². The van der Waals surface area contributed by atoms with Crippen LogP contribution in [0.25, 0.3) is 0 Å². The van der Waals surface area contributed by atoms with E-state index < -0.39 is 34.9 Å². The average molecular weight is 475 g/mol. The van der Waals surface area contributed by atoms with Crippen LogP contribution in [0.1, 0.15) is 23.6 Å². The first kappa shape index (κ1) is 21.4. The topological polar surface area (TPSA) is 122 Å². The van der Waals surface area contributed by atoms with Crippen molar-refractivity contribution in [1.82, 2.24) is 10.2 Å². The molecule has 0 aromatic heterocycles. The molecule has 10 heteroatoms. The number of hydrogen-bond acceptors (Lipinski definition) is 5. The van der Waals surface area contributed by atoms with Crippen LogP contribution >= 0.6 is 15.9 Å². The quantitative estimate of drug-likeness (QED) is 0.390. The van der Waals surface area contributed by atoms with E-state index in [4.69, 9.17) is 0 Å². The van der Waals surface area contributed by atoms with E-state index in [1.807, 2.05) is 0 Å². The van der Waals surface area contributed by atoms with Crippen LogP contribution in [0, 0.1) is 24.0 Å². The Balaban J connectivity index is 1.82. The van der Waals surface area contributed by atoms with Crippen LogP contribution < -0.4 is 10.6 Å². The van der Waals surface area contributed by atoms with E-state index in [9.17, 15) is 24.5 Å². The van der Waals surface area contributed by atoms with Crippen LogP contribution in [0.4, 0.5) is 16.2 Å². The van der Waals surface area contributed by atoms with Gasteiger partial charge in [0, 0.05) is 16.1 Å². The molecule has 0 spiro atoms. The average Bonchev–Trinajstić information content (AvgIpc) is 2.88. The molecule has 1 aliphatic rings. The molecular weight excluding hydrogens is 456 g/mol. The summed E-state index contributed by atoms with van der Waals surface area (Å²) in [6, 6.07) is 9.09. The van der Waals surface area contributed by atoms with Crippen molar-refractivity contribution in [1.29, 1.82) is 0 Å². The standard InChI is InChI=1S/C20H19BrN4O5/c1-11-8-15(16(25(29)30)9-12(11)2)22-17(26)10-24-18(27)20(3,23-19(24)28)13-6-4-5-7-14(13)21/h4-9H,10H2,1-3H3,(H,22,26)(H,23,28)/t20-/m1/s1. The van der Waals surface area contributed by atoms with Gasteiger partial charge in [0.1, 0.15) is 17.8 Å². The van der Waals surface area contributed by atoms with Crippen LogP contribution in [0.5, 0.6) is 0 Å². The molecule has 1 heterocycles. The van der Waals surface area contributed by atoms with Gasteiger partial charge in [0.15, 0.2) is 0 Å². The molecule has 9 nitrogen and oxygen atoms in total. The van der Waals surface area contributed by atoms with Crippen molar-refractivity contribution in [2.45, 2.75) is 26.3 Å². The van der Waals surface area contributed by atoms with E-state index >= 15 is 0 Å². The number of carbonyl (C=O) groups excluding carboxylic acids is 3. The van der Waals surface area contributed by atoms with Crippen molar-refractivity contribution in [2.24, 2.45) is 0 Å². The molecule has 1 aliphatic heterocycles. The summed E-state index contributed by atoms with van der Waals surface area (Å²) in [6.07, 6.45) is 0. The van der Waals surface area contributed by atoms with E-state index in [-0.39, 0.29) is 11.4 Å². The summed E-state index contributed by atoms with van der Waals surface area (Å²) < 4.78 is 0.637. The van der Waals surface area contributed by atoms with Crippen LogP contribution in [0.3, 0.4) is 0 Å². The number of nitro benzene ring substituents is 1. The number of benzene rings is 2. The molecule has 0 unspecified atom stereocenters. The Labute approximate surface area is 180 Å². The molecule has 4 amide bonds. The van der Waals surface area contributed by atoms with E-state index in [0.29, 0.717) is 15.6 Å². The van der Waals surface area contributed by atoms with E-state index in [0.717, 1.165) is 10.5 Å². The molecule has 2 aromatic rings. The first-order valence-corrected chi connectivity index (χ1v) is 9.78. The number of urea groups is 1. The number of anilines is 1. The molecule has 0 aliphatic carbocycles. The molecule has 1 atom stereocenters. The van der Waals surface area contributed by atoms with Gasteiger partial charge in [-0.05, 0) is 44.0 Å². The Bertz CT molecular complexity index is 1090. The Morgan fingerprint density at radius 2 is 1.87 bits per heavy atom. The van der Waals surface area contributed by atoms with E-state index in [2.05, 4.69) is 26.6 Å². The van der Waals surface area contributed by atoms with Gasteiger partial charge in [0.2, 0.25) is 5.91 Å². The maximum Gasteiger partial charge on any atom is 0.325 e. The van der Waals surface area contributed by atoms with Crippen LogP contribution in [0.2, 0.25) is 0 Å². The van der Waals surface area contributed by atoms with Gasteiger partial charge in [-0.1, -0.05) is 34.1 Å². The Kier molecular flexibility index (Phi) is 5.62. The zero-order valence-electron chi connectivity index (χ0n) is 16.5. The number of hydrogen-bond donors (Lipinski definition) is 2. The fraction of sp³-hybridized carbons (Fsp3) is 0.250. The summed E-state index contributed by atoms with van der Waals surface area (Å²) in [5.74, 6) is -1.31. The zero-order valence-corrected chi connectivity index (χ0v) is 18.1. The monoisotopic (exact) mass is 474 g/mol. The van der Waals surface area contributed by atoms with E-state index in [1.54, 1.807) is 45.0 Å². The third-order valence-electron chi connectivity index (χ3n) is 5.07. The molecule has 0 saturated carbocycles. The normalized spacial score (nSPS) is 18.3. The lowest BCUT2D eigenvalue weighted by molar-refractivity contribution is -0.384. The fourth-order valence-corrected chi connectivity index (χ4v) is 3.96. The van der Waals surface area contributed by atoms with E-state index in [1.165, 1.54) is 12.1 Å². The summed E-state index contributed by atoms with van der Waals surface area (Å²) in [5.41, 5.74) is 0.418. The van der Waals surface area contributed by atoms with Crippen molar-refractivity contribution >= 4 is 45.2 Å². The number of carbonyl (C=O) groups is 3. The maximum atomic E-state index is 13.0. The molecule has 1 saturated heterocycles. The summed E-state index contributed by atoms with van der Waals surface area (Å²) >= 11 is 3.37. The number of nitrogens with one attached hydrogen (secondary N) is 2. The highest BCUT2D eigenvalue weighted by Gasteiger charge is 2.50. The maximum absolute atomic E-state index is 13.0. The molecule has 30 heavy (non-hydrogen) atoms. The van der Waals surface area contributed by atoms with Gasteiger partial charge >= 0.3 is 6.03 Å². The van der Waals surface area contributed by atoms with Crippen LogP contribution in [-0.4, -0.2) is 34.2 Å². The van der Waals surface area contributed by atoms with Gasteiger partial charge in [-0.3, -0.25) is 24.6 Å². The molecular formula is C20H19BrN4O5. The van der Waals surface area contributed by atoms with Gasteiger partial charge in [-0.2, -0.15) is 0 Å². The lowest BCUT2D eigenvalue weighted by atomic mass is 9.92. The van der Waals surface area contributed by atoms with Crippen molar-refractivity contribution in [2.75, 3.05) is 11.9 Å². The number of imide groups is 1. The molecule has 2 N–H and O–H groups in total. The van der Waals surface area contributed by atoms with Crippen LogP contribution in [0.15, 0.2) is 40.9 Å². The third kappa shape index (κ3) is 3.78. The molecule has 0 bridgehead atoms. The number of amides is 4. The highest BCUT2D eigenvalue weighted by molar-refractivity contribution is 9.10. The first-order chi connectivity index (χ1) is 14.0. The van der Waals surface area contributed by atoms with Crippen molar-refractivity contribution in [3.63, 3.8) is 0 Å². The Morgan fingerprint density at radius 1 is 1.23 bits per heavy atom. The molecule has 2 aromatic carbocycles. The predicted octanol–water partition coefficient (Wildman–Crippen LogP) is 3.38. The molecule has 3 rings (SSSR count). The zero-order chi connectivity index (χ0) is 22.2. The Morgan fingerprint density at radius 3 is 2.50 bits per heavy atom. The van der Waals surface area contributed by atoms with Crippen molar-refractivity contribution < 1.29 is 19.3 Å². The second kappa shape index (κ2) is 7.86. The van der Waals surface area contributed by atoms with Crippen molar-refractivity contribution in [3.8, 4) is 0 Å². The summed E-state index contributed by atoms with van der Waals surface area (Å²) in [5, 5.41) is 16.4. The first-order valence-electron chi connectivity index (χ1n) is 8.99. The van der Waals surface area contributed by atoms with Crippen molar-refractivity contribution in [3.05, 3.63) is 67.7 Å². The van der Waals surface area contributed by atoms with Gasteiger partial charge < -0.3 is 10.6 Å². The third-order valence-corrected chi connectivity index (χ3v) is 5.76. The van der Waals surface area contributed by atoms with Gasteiger partial charge in [0.05, 0.1) is 4.92 Å². The summed E-state index contributed by atoms with van der Waals surface area (Å²) in [7, 11) is 0. The summed E-state index contributed by atoms with van der Waals surface area (Å²) in [4.78, 5) is 49.5. The Hall–Kier alpha value is -3.27. The number of halogens is 1. The highest BCUT2D eigenvalue weighted by atomic mass is 79.9. The number of aryl methyl sites for hydroxylation is 2. The SMILES string of the molecule is Cc1cc(NC(=O)CN2C(=O)N[C@](C)(c3ccccc3Br)C2=O)c([N+](=O)[O-])cc1C.